The number of nitrogens with zero attached hydrogens (tertiary/aromatic N) is 3. The Balaban J connectivity index is 1.63. The monoisotopic (exact) mass is 293 g/mol. The molecule has 21 heavy (non-hydrogen) atoms. The van der Waals surface area contributed by atoms with E-state index in [2.05, 4.69) is 10.1 Å². The second-order valence-corrected chi connectivity index (χ2v) is 6.01. The fourth-order valence-electron chi connectivity index (χ4n) is 2.72. The third-order valence-electron chi connectivity index (χ3n) is 4.25. The van der Waals surface area contributed by atoms with Crippen LogP contribution in [-0.4, -0.2) is 40.2 Å². The summed E-state index contributed by atoms with van der Waals surface area (Å²) in [6, 6.07) is -0.0616. The van der Waals surface area contributed by atoms with Crippen molar-refractivity contribution in [3.8, 4) is 0 Å². The predicted octanol–water partition coefficient (Wildman–Crippen LogP) is 2.11. The molecule has 0 radical (unpaired) electrons. The summed E-state index contributed by atoms with van der Waals surface area (Å²) in [7, 11) is 0. The van der Waals surface area contributed by atoms with Crippen LogP contribution in [0, 0.1) is 5.92 Å². The fraction of sp³-hybridized carbons (Fsp3) is 0.800. The van der Waals surface area contributed by atoms with Gasteiger partial charge in [-0.05, 0) is 38.5 Å². The zero-order chi connectivity index (χ0) is 14.8. The van der Waals surface area contributed by atoms with Gasteiger partial charge in [0.2, 0.25) is 5.89 Å². The van der Waals surface area contributed by atoms with Crippen LogP contribution in [0.3, 0.4) is 0 Å². The van der Waals surface area contributed by atoms with E-state index in [1.54, 1.807) is 0 Å². The van der Waals surface area contributed by atoms with Crippen molar-refractivity contribution < 1.29 is 14.1 Å². The molecule has 1 amide bonds. The van der Waals surface area contributed by atoms with Crippen LogP contribution in [0.5, 0.6) is 0 Å². The fourth-order valence-corrected chi connectivity index (χ4v) is 2.72. The molecule has 3 rings (SSSR count). The molecule has 6 nitrogen and oxygen atoms in total. The number of ether oxygens (including phenoxy) is 1. The zero-order valence-corrected chi connectivity index (χ0v) is 12.7. The quantitative estimate of drug-likeness (QED) is 0.803. The first-order valence-corrected chi connectivity index (χ1v) is 7.93. The molecule has 2 unspecified atom stereocenters. The van der Waals surface area contributed by atoms with Crippen LogP contribution < -0.4 is 0 Å². The molecule has 2 heterocycles. The van der Waals surface area contributed by atoms with E-state index in [1.165, 1.54) is 12.8 Å². The van der Waals surface area contributed by atoms with Gasteiger partial charge in [-0.15, -0.1) is 0 Å². The molecule has 1 saturated carbocycles. The molecule has 0 aromatic carbocycles. The molecule has 1 aliphatic heterocycles. The molecule has 2 atom stereocenters. The van der Waals surface area contributed by atoms with Crippen LogP contribution in [-0.2, 0) is 16.0 Å². The van der Waals surface area contributed by atoms with Gasteiger partial charge in [0, 0.05) is 13.0 Å². The first kappa shape index (κ1) is 14.5. The van der Waals surface area contributed by atoms with E-state index in [9.17, 15) is 4.79 Å². The summed E-state index contributed by atoms with van der Waals surface area (Å²) in [5.74, 6) is 1.97. The highest BCUT2D eigenvalue weighted by molar-refractivity contribution is 5.81. The average Bonchev–Trinajstić information content (AvgIpc) is 3.02. The maximum atomic E-state index is 12.6. The number of rotatable bonds is 6. The molecule has 2 aliphatic rings. The van der Waals surface area contributed by atoms with Crippen LogP contribution in [0.4, 0.5) is 0 Å². The Hall–Kier alpha value is -1.43. The second kappa shape index (κ2) is 6.13. The van der Waals surface area contributed by atoms with Gasteiger partial charge in [-0.2, -0.15) is 4.98 Å². The van der Waals surface area contributed by atoms with Gasteiger partial charge >= 0.3 is 0 Å². The van der Waals surface area contributed by atoms with Gasteiger partial charge < -0.3 is 14.2 Å². The lowest BCUT2D eigenvalue weighted by Crippen LogP contribution is -2.39. The van der Waals surface area contributed by atoms with Gasteiger partial charge in [0.1, 0.15) is 6.10 Å². The number of carbonyl (C=O) groups excluding carboxylic acids is 1. The molecular formula is C15H23N3O3. The molecule has 1 aliphatic carbocycles. The lowest BCUT2D eigenvalue weighted by Gasteiger charge is -2.25. The number of aromatic nitrogens is 2. The third-order valence-corrected chi connectivity index (χ3v) is 4.25. The Morgan fingerprint density at radius 3 is 2.95 bits per heavy atom. The number of hydrogen-bond acceptors (Lipinski definition) is 5. The standard InChI is InChI=1S/C15H23N3O3/c1-3-13-16-14(17-21-13)12-5-4-8-18(12)15(19)10(2)20-9-11-6-7-11/h10-12H,3-9H2,1-2H3. The highest BCUT2D eigenvalue weighted by Gasteiger charge is 2.36. The lowest BCUT2D eigenvalue weighted by atomic mass is 10.2. The summed E-state index contributed by atoms with van der Waals surface area (Å²) in [5.41, 5.74) is 0. The third kappa shape index (κ3) is 3.26. The van der Waals surface area contributed by atoms with Crippen LogP contribution in [0.1, 0.15) is 57.3 Å². The molecule has 0 spiro atoms. The lowest BCUT2D eigenvalue weighted by molar-refractivity contribution is -0.144. The predicted molar refractivity (Wildman–Crippen MR) is 75.5 cm³/mol. The largest absolute Gasteiger partial charge is 0.368 e. The van der Waals surface area contributed by atoms with E-state index in [-0.39, 0.29) is 18.1 Å². The summed E-state index contributed by atoms with van der Waals surface area (Å²) in [5, 5.41) is 4.02. The van der Waals surface area contributed by atoms with Gasteiger partial charge in [-0.25, -0.2) is 0 Å². The maximum Gasteiger partial charge on any atom is 0.252 e. The van der Waals surface area contributed by atoms with Crippen molar-refractivity contribution >= 4 is 5.91 Å². The number of carbonyl (C=O) groups is 1. The molecule has 0 bridgehead atoms. The Labute approximate surface area is 124 Å². The van der Waals surface area contributed by atoms with Crippen LogP contribution in [0.2, 0.25) is 0 Å². The van der Waals surface area contributed by atoms with Crippen molar-refractivity contribution in [1.82, 2.24) is 15.0 Å². The molecule has 0 N–H and O–H groups in total. The topological polar surface area (TPSA) is 68.5 Å². The van der Waals surface area contributed by atoms with E-state index >= 15 is 0 Å². The van der Waals surface area contributed by atoms with Crippen LogP contribution >= 0.6 is 0 Å². The van der Waals surface area contributed by atoms with Crippen molar-refractivity contribution in [3.63, 3.8) is 0 Å². The van der Waals surface area contributed by atoms with Crippen LogP contribution in [0.15, 0.2) is 4.52 Å². The number of likely N-dealkylation sites (tertiary alicyclic amines) is 1. The van der Waals surface area contributed by atoms with Crippen molar-refractivity contribution in [2.24, 2.45) is 5.92 Å². The Morgan fingerprint density at radius 2 is 2.29 bits per heavy atom. The molecule has 1 aromatic heterocycles. The van der Waals surface area contributed by atoms with Crippen molar-refractivity contribution in [2.75, 3.05) is 13.2 Å². The van der Waals surface area contributed by atoms with E-state index in [0.29, 0.717) is 30.7 Å². The Morgan fingerprint density at radius 1 is 1.48 bits per heavy atom. The summed E-state index contributed by atoms with van der Waals surface area (Å²) in [4.78, 5) is 18.8. The second-order valence-electron chi connectivity index (χ2n) is 6.01. The van der Waals surface area contributed by atoms with Crippen molar-refractivity contribution in [3.05, 3.63) is 11.7 Å². The first-order valence-electron chi connectivity index (χ1n) is 7.93. The van der Waals surface area contributed by atoms with Crippen LogP contribution in [0.25, 0.3) is 0 Å². The highest BCUT2D eigenvalue weighted by Crippen LogP contribution is 2.32. The minimum atomic E-state index is -0.385. The molecule has 6 heteroatoms. The highest BCUT2D eigenvalue weighted by atomic mass is 16.5. The van der Waals surface area contributed by atoms with E-state index < -0.39 is 0 Å². The van der Waals surface area contributed by atoms with Gasteiger partial charge in [-0.1, -0.05) is 12.1 Å². The van der Waals surface area contributed by atoms with E-state index in [0.717, 1.165) is 19.4 Å². The normalized spacial score (nSPS) is 23.5. The number of amides is 1. The Kier molecular flexibility index (Phi) is 4.24. The SMILES string of the molecule is CCc1nc(C2CCCN2C(=O)C(C)OCC2CC2)no1. The minimum absolute atomic E-state index is 0.0426. The molecule has 116 valence electrons. The van der Waals surface area contributed by atoms with Crippen molar-refractivity contribution in [1.29, 1.82) is 0 Å². The van der Waals surface area contributed by atoms with Gasteiger partial charge in [0.25, 0.3) is 5.91 Å². The smallest absolute Gasteiger partial charge is 0.252 e. The van der Waals surface area contributed by atoms with Gasteiger partial charge in [0.05, 0.1) is 12.6 Å². The maximum absolute atomic E-state index is 12.6. The molecular weight excluding hydrogens is 270 g/mol. The number of hydrogen-bond donors (Lipinski definition) is 0. The van der Waals surface area contributed by atoms with Gasteiger partial charge in [-0.3, -0.25) is 4.79 Å². The number of aryl methyl sites for hydroxylation is 1. The summed E-state index contributed by atoms with van der Waals surface area (Å²) in [6.45, 7) is 5.26. The zero-order valence-electron chi connectivity index (χ0n) is 12.7. The molecule has 2 fully saturated rings. The minimum Gasteiger partial charge on any atom is -0.368 e. The molecule has 1 aromatic rings. The summed E-state index contributed by atoms with van der Waals surface area (Å²) < 4.78 is 10.9. The average molecular weight is 293 g/mol. The van der Waals surface area contributed by atoms with E-state index in [1.807, 2.05) is 18.7 Å². The van der Waals surface area contributed by atoms with Gasteiger partial charge in [0.15, 0.2) is 5.82 Å². The summed E-state index contributed by atoms with van der Waals surface area (Å²) >= 11 is 0. The van der Waals surface area contributed by atoms with E-state index in [4.69, 9.17) is 9.26 Å². The van der Waals surface area contributed by atoms with Crippen molar-refractivity contribution in [2.45, 2.75) is 58.1 Å². The Bertz CT molecular complexity index is 498. The first-order chi connectivity index (χ1) is 10.2. The molecule has 1 saturated heterocycles. The summed E-state index contributed by atoms with van der Waals surface area (Å²) in [6.07, 6.45) is 4.66.